The Morgan fingerprint density at radius 2 is 1.10 bits per heavy atom. The average Bonchev–Trinajstić information content (AvgIpc) is 2.95. The Kier molecular flexibility index (Phi) is 4.98. The molecule has 2 bridgehead atoms. The minimum absolute atomic E-state index is 0.148. The second-order valence-electron chi connectivity index (χ2n) is 11.1. The Hall–Kier alpha value is -4.48. The quantitative estimate of drug-likeness (QED) is 0.138. The third-order valence-electron chi connectivity index (χ3n) is 9.40. The maximum absolute atomic E-state index is 6.80. The molecule has 9 rings (SSSR count). The lowest BCUT2D eigenvalue weighted by Gasteiger charge is -2.64. The van der Waals surface area contributed by atoms with Crippen LogP contribution in [0.2, 0.25) is 0 Å². The molecule has 0 amide bonds. The van der Waals surface area contributed by atoms with Gasteiger partial charge < -0.3 is 26.4 Å². The van der Waals surface area contributed by atoms with Crippen LogP contribution >= 0.6 is 0 Å². The Morgan fingerprint density at radius 3 is 1.68 bits per heavy atom. The van der Waals surface area contributed by atoms with Crippen LogP contribution in [-0.2, 0) is 4.74 Å². The lowest BCUT2D eigenvalue weighted by molar-refractivity contribution is -0.282. The third-order valence-corrected chi connectivity index (χ3v) is 9.40. The number of anilines is 4. The van der Waals surface area contributed by atoms with E-state index in [1.807, 2.05) is 21.1 Å². The van der Waals surface area contributed by atoms with Gasteiger partial charge in [-0.1, -0.05) is 60.7 Å². The molecule has 5 nitrogen and oxygen atoms in total. The fourth-order valence-corrected chi connectivity index (χ4v) is 7.42. The summed E-state index contributed by atoms with van der Waals surface area (Å²) in [4.78, 5) is 0. The van der Waals surface area contributed by atoms with Crippen LogP contribution in [0.3, 0.4) is 0 Å². The fraction of sp³-hybridized carbons (Fsp3) is 0.200. The number of fused-ring (bicyclic) bond motifs is 4. The summed E-state index contributed by atoms with van der Waals surface area (Å²) < 4.78 is 6.36. The largest absolute Gasteiger partial charge is 0.398 e. The van der Waals surface area contributed by atoms with Gasteiger partial charge in [-0.3, -0.25) is 0 Å². The summed E-state index contributed by atoms with van der Waals surface area (Å²) >= 11 is 0. The van der Waals surface area contributed by atoms with E-state index >= 15 is 0 Å². The number of hydrogen-bond acceptors (Lipinski definition) is 5. The van der Waals surface area contributed by atoms with Gasteiger partial charge in [-0.2, -0.15) is 0 Å². The van der Waals surface area contributed by atoms with Gasteiger partial charge in [-0.05, 0) is 56.9 Å². The summed E-state index contributed by atoms with van der Waals surface area (Å²) in [5.41, 5.74) is 13.7. The van der Waals surface area contributed by atoms with E-state index in [-0.39, 0.29) is 12.2 Å². The molecule has 2 atom stereocenters. The molecular formula is C35H32N4O. The van der Waals surface area contributed by atoms with Crippen molar-refractivity contribution in [3.05, 3.63) is 96.1 Å². The van der Waals surface area contributed by atoms with E-state index in [2.05, 4.69) is 101 Å². The Bertz CT molecular complexity index is 1990. The molecule has 2 aliphatic heterocycles. The highest BCUT2D eigenvalue weighted by atomic mass is 16.6. The molecule has 3 fully saturated rings. The molecule has 1 saturated carbocycles. The first-order valence-electron chi connectivity index (χ1n) is 14.1. The predicted octanol–water partition coefficient (Wildman–Crippen LogP) is 7.66. The predicted molar refractivity (Wildman–Crippen MR) is 170 cm³/mol. The summed E-state index contributed by atoms with van der Waals surface area (Å²) in [7, 11) is 5.98. The first-order valence-corrected chi connectivity index (χ1v) is 14.1. The molecule has 2 saturated heterocycles. The van der Waals surface area contributed by atoms with E-state index in [1.54, 1.807) is 0 Å². The fourth-order valence-electron chi connectivity index (χ4n) is 7.42. The average molecular weight is 525 g/mol. The van der Waals surface area contributed by atoms with Crippen LogP contribution < -0.4 is 21.7 Å². The number of nitrogens with one attached hydrogen (secondary N) is 3. The number of hydrogen-bond donors (Lipinski definition) is 4. The Morgan fingerprint density at radius 1 is 0.575 bits per heavy atom. The lowest BCUT2D eigenvalue weighted by atomic mass is 9.56. The second-order valence-corrected chi connectivity index (χ2v) is 11.1. The smallest absolute Gasteiger partial charge is 0.0767 e. The van der Waals surface area contributed by atoms with Crippen molar-refractivity contribution in [2.45, 2.75) is 24.0 Å². The van der Waals surface area contributed by atoms with Crippen molar-refractivity contribution < 1.29 is 4.74 Å². The molecule has 6 aromatic carbocycles. The van der Waals surface area contributed by atoms with E-state index in [4.69, 9.17) is 10.5 Å². The van der Waals surface area contributed by atoms with Gasteiger partial charge in [0.25, 0.3) is 0 Å². The van der Waals surface area contributed by atoms with Gasteiger partial charge in [-0.15, -0.1) is 0 Å². The van der Waals surface area contributed by atoms with E-state index < -0.39 is 0 Å². The topological polar surface area (TPSA) is 71.3 Å². The third kappa shape index (κ3) is 2.96. The zero-order valence-corrected chi connectivity index (χ0v) is 22.9. The normalized spacial score (nSPS) is 21.4. The molecule has 2 heterocycles. The van der Waals surface area contributed by atoms with E-state index in [9.17, 15) is 0 Å². The summed E-state index contributed by atoms with van der Waals surface area (Å²) in [5.74, 6) is 0.711. The zero-order chi connectivity index (χ0) is 27.1. The van der Waals surface area contributed by atoms with Crippen LogP contribution in [0, 0.1) is 0 Å². The van der Waals surface area contributed by atoms with Gasteiger partial charge in [-0.25, -0.2) is 0 Å². The monoisotopic (exact) mass is 524 g/mol. The minimum Gasteiger partial charge on any atom is -0.398 e. The van der Waals surface area contributed by atoms with Crippen LogP contribution in [0.15, 0.2) is 84.9 Å². The van der Waals surface area contributed by atoms with Crippen LogP contribution in [0.25, 0.3) is 43.1 Å². The van der Waals surface area contributed by atoms with Crippen molar-refractivity contribution in [3.63, 3.8) is 0 Å². The van der Waals surface area contributed by atoms with Crippen molar-refractivity contribution in [3.8, 4) is 0 Å². The SMILES string of the molecule is CNc1ccc(C2C3OC2C3c2ccc(NC)c3c(NC)c4ccccc4cc23)c2cc3ccccc3c(N)c12. The molecule has 198 valence electrons. The van der Waals surface area contributed by atoms with Gasteiger partial charge in [0.15, 0.2) is 0 Å². The minimum atomic E-state index is 0.148. The molecule has 6 aromatic rings. The first kappa shape index (κ1) is 23.4. The van der Waals surface area contributed by atoms with Crippen molar-refractivity contribution in [2.24, 2.45) is 0 Å². The van der Waals surface area contributed by atoms with E-state index in [0.29, 0.717) is 11.8 Å². The van der Waals surface area contributed by atoms with E-state index in [0.717, 1.165) is 27.8 Å². The van der Waals surface area contributed by atoms with Crippen molar-refractivity contribution in [1.29, 1.82) is 0 Å². The van der Waals surface area contributed by atoms with Gasteiger partial charge in [0.1, 0.15) is 0 Å². The maximum atomic E-state index is 6.80. The highest BCUT2D eigenvalue weighted by Crippen LogP contribution is 2.64. The number of rotatable bonds is 5. The number of ether oxygens (including phenoxy) is 1. The highest BCUT2D eigenvalue weighted by Gasteiger charge is 2.64. The van der Waals surface area contributed by atoms with Crippen molar-refractivity contribution >= 4 is 65.8 Å². The molecule has 1 aliphatic carbocycles. The number of nitrogen functional groups attached to an aromatic ring is 1. The van der Waals surface area contributed by atoms with Crippen molar-refractivity contribution in [2.75, 3.05) is 42.8 Å². The van der Waals surface area contributed by atoms with Crippen LogP contribution in [-0.4, -0.2) is 33.4 Å². The molecule has 5 heteroatoms. The van der Waals surface area contributed by atoms with Crippen LogP contribution in [0.1, 0.15) is 23.0 Å². The number of nitrogens with two attached hydrogens (primary N) is 1. The second kappa shape index (κ2) is 8.51. The maximum Gasteiger partial charge on any atom is 0.0767 e. The molecule has 5 N–H and O–H groups in total. The molecule has 3 aliphatic rings. The summed E-state index contributed by atoms with van der Waals surface area (Å²) in [6.07, 6.45) is 0.295. The van der Waals surface area contributed by atoms with Crippen molar-refractivity contribution in [1.82, 2.24) is 0 Å². The molecular weight excluding hydrogens is 492 g/mol. The Labute approximate surface area is 233 Å². The molecule has 2 unspecified atom stereocenters. The van der Waals surface area contributed by atoms with Gasteiger partial charge in [0, 0.05) is 71.6 Å². The molecule has 0 radical (unpaired) electrons. The molecule has 0 aromatic heterocycles. The standard InChI is InChI=1S/C35H32N4O/c1-37-26-14-12-22(24-16-18-8-4-6-10-20(18)32(36)28(24)26)30-34-31(35(30)40-34)23-13-15-27(38-2)29-25(23)17-19-9-5-7-11-21(19)33(29)39-3/h4-17,30-31,34-35,37-39H,36H2,1-3H3. The van der Waals surface area contributed by atoms with Gasteiger partial charge >= 0.3 is 0 Å². The highest BCUT2D eigenvalue weighted by molar-refractivity contribution is 6.17. The summed E-state index contributed by atoms with van der Waals surface area (Å²) in [5, 5.41) is 19.9. The van der Waals surface area contributed by atoms with Crippen LogP contribution in [0.5, 0.6) is 0 Å². The molecule has 40 heavy (non-hydrogen) atoms. The van der Waals surface area contributed by atoms with Gasteiger partial charge in [0.2, 0.25) is 0 Å². The zero-order valence-electron chi connectivity index (χ0n) is 22.9. The Balaban J connectivity index is 1.27. The van der Waals surface area contributed by atoms with E-state index in [1.165, 1.54) is 49.1 Å². The summed E-state index contributed by atoms with van der Waals surface area (Å²) in [6, 6.07) is 30.7. The lowest BCUT2D eigenvalue weighted by Crippen LogP contribution is -2.67. The first-order chi connectivity index (χ1) is 19.6. The molecule has 0 spiro atoms. The number of benzene rings is 6. The van der Waals surface area contributed by atoms with Gasteiger partial charge in [0.05, 0.1) is 17.9 Å². The summed E-state index contributed by atoms with van der Waals surface area (Å²) in [6.45, 7) is 0. The van der Waals surface area contributed by atoms with Crippen LogP contribution in [0.4, 0.5) is 22.7 Å².